The van der Waals surface area contributed by atoms with E-state index in [1.807, 2.05) is 54.0 Å². The second-order valence-corrected chi connectivity index (χ2v) is 6.05. The van der Waals surface area contributed by atoms with E-state index in [9.17, 15) is 14.4 Å². The Balaban J connectivity index is 2.52. The van der Waals surface area contributed by atoms with Crippen LogP contribution in [0.5, 0.6) is 0 Å². The second kappa shape index (κ2) is 8.47. The van der Waals surface area contributed by atoms with Gasteiger partial charge in [-0.1, -0.05) is 30.3 Å². The first-order chi connectivity index (χ1) is 12.4. The van der Waals surface area contributed by atoms with Crippen LogP contribution in [0.2, 0.25) is 0 Å². The van der Waals surface area contributed by atoms with Crippen molar-refractivity contribution in [2.24, 2.45) is 0 Å². The summed E-state index contributed by atoms with van der Waals surface area (Å²) in [5.74, 6) is -2.25. The number of aryl methyl sites for hydroxylation is 1. The Morgan fingerprint density at radius 1 is 1.00 bits per heavy atom. The molecule has 6 heteroatoms. The van der Waals surface area contributed by atoms with Crippen LogP contribution in [0.3, 0.4) is 0 Å². The van der Waals surface area contributed by atoms with Gasteiger partial charge >= 0.3 is 11.9 Å². The Kier molecular flexibility index (Phi) is 6.33. The van der Waals surface area contributed by atoms with Crippen molar-refractivity contribution in [2.75, 3.05) is 14.2 Å². The van der Waals surface area contributed by atoms with Gasteiger partial charge < -0.3 is 14.0 Å². The normalized spacial score (nSPS) is 12.9. The highest BCUT2D eigenvalue weighted by Gasteiger charge is 2.28. The van der Waals surface area contributed by atoms with E-state index >= 15 is 0 Å². The van der Waals surface area contributed by atoms with E-state index < -0.39 is 17.8 Å². The molecule has 0 aliphatic rings. The van der Waals surface area contributed by atoms with Gasteiger partial charge in [-0.25, -0.2) is 9.59 Å². The van der Waals surface area contributed by atoms with Crippen LogP contribution in [0, 0.1) is 6.92 Å². The minimum Gasteiger partial charge on any atom is -0.467 e. The molecular formula is C20H23NO5. The van der Waals surface area contributed by atoms with Gasteiger partial charge in [0.05, 0.1) is 14.2 Å². The largest absolute Gasteiger partial charge is 0.467 e. The third-order valence-corrected chi connectivity index (χ3v) is 4.44. The molecular weight excluding hydrogens is 334 g/mol. The summed E-state index contributed by atoms with van der Waals surface area (Å²) in [7, 11) is 2.52. The van der Waals surface area contributed by atoms with Crippen LogP contribution >= 0.6 is 0 Å². The van der Waals surface area contributed by atoms with Gasteiger partial charge in [-0.05, 0) is 31.5 Å². The van der Waals surface area contributed by atoms with Crippen molar-refractivity contribution in [1.29, 1.82) is 0 Å². The van der Waals surface area contributed by atoms with Crippen molar-refractivity contribution in [3.63, 3.8) is 0 Å². The second-order valence-electron chi connectivity index (χ2n) is 6.05. The lowest BCUT2D eigenvalue weighted by Gasteiger charge is -2.23. The molecule has 1 heterocycles. The van der Waals surface area contributed by atoms with E-state index in [2.05, 4.69) is 4.74 Å². The first-order valence-electron chi connectivity index (χ1n) is 8.32. The Morgan fingerprint density at radius 3 is 2.23 bits per heavy atom. The van der Waals surface area contributed by atoms with E-state index in [0.29, 0.717) is 0 Å². The van der Waals surface area contributed by atoms with E-state index in [-0.39, 0.29) is 18.3 Å². The molecule has 0 unspecified atom stereocenters. The highest BCUT2D eigenvalue weighted by atomic mass is 16.5. The van der Waals surface area contributed by atoms with Gasteiger partial charge in [0.25, 0.3) is 0 Å². The average molecular weight is 357 g/mol. The maximum atomic E-state index is 12.2. The first-order valence-corrected chi connectivity index (χ1v) is 8.32. The monoisotopic (exact) mass is 357 g/mol. The molecule has 2 rings (SSSR count). The van der Waals surface area contributed by atoms with Crippen molar-refractivity contribution >= 4 is 17.7 Å². The average Bonchev–Trinajstić information content (AvgIpc) is 3.05. The molecule has 2 aromatic rings. The molecule has 26 heavy (non-hydrogen) atoms. The number of nitrogens with zero attached hydrogens (tertiary/aromatic N) is 1. The topological polar surface area (TPSA) is 74.6 Å². The molecule has 0 amide bonds. The number of benzene rings is 1. The van der Waals surface area contributed by atoms with Crippen molar-refractivity contribution in [2.45, 2.75) is 32.2 Å². The number of hydrogen-bond donors (Lipinski definition) is 0. The lowest BCUT2D eigenvalue weighted by molar-refractivity contribution is -0.151. The molecule has 0 bridgehead atoms. The number of aromatic nitrogens is 1. The zero-order chi connectivity index (χ0) is 19.3. The zero-order valence-electron chi connectivity index (χ0n) is 15.4. The number of rotatable bonds is 7. The first kappa shape index (κ1) is 19.4. The van der Waals surface area contributed by atoms with Crippen molar-refractivity contribution < 1.29 is 23.9 Å². The number of ether oxygens (including phenoxy) is 2. The molecule has 6 nitrogen and oxygen atoms in total. The number of hydrogen-bond acceptors (Lipinski definition) is 5. The van der Waals surface area contributed by atoms with Gasteiger partial charge in [0.1, 0.15) is 6.04 Å². The maximum Gasteiger partial charge on any atom is 0.374 e. The van der Waals surface area contributed by atoms with Crippen LogP contribution in [-0.4, -0.2) is 36.5 Å². The fraction of sp³-hybridized carbons (Fsp3) is 0.350. The quantitative estimate of drug-likeness (QED) is 0.563. The standard InChI is InChI=1S/C20H23NO5/c1-13-10-11-17(21(13)14(2)19(23)25-3)16(12-18(22)20(24)26-4)15-8-6-5-7-9-15/h5-11,14,16H,12H2,1-4H3/t14-,16+/m1/s1. The number of carbonyl (C=O) groups is 3. The number of methoxy groups -OCH3 is 2. The van der Waals surface area contributed by atoms with Gasteiger partial charge in [0.2, 0.25) is 5.78 Å². The van der Waals surface area contributed by atoms with E-state index in [0.717, 1.165) is 17.0 Å². The van der Waals surface area contributed by atoms with Crippen LogP contribution in [0.1, 0.15) is 42.3 Å². The Morgan fingerprint density at radius 2 is 1.65 bits per heavy atom. The summed E-state index contributed by atoms with van der Waals surface area (Å²) in [6.07, 6.45) is -0.0476. The highest BCUT2D eigenvalue weighted by Crippen LogP contribution is 2.32. The zero-order valence-corrected chi connectivity index (χ0v) is 15.4. The smallest absolute Gasteiger partial charge is 0.374 e. The summed E-state index contributed by atoms with van der Waals surface area (Å²) < 4.78 is 11.3. The van der Waals surface area contributed by atoms with Gasteiger partial charge in [-0.2, -0.15) is 0 Å². The van der Waals surface area contributed by atoms with Gasteiger partial charge in [0, 0.05) is 23.7 Å². The minimum absolute atomic E-state index is 0.0476. The van der Waals surface area contributed by atoms with Crippen LogP contribution < -0.4 is 0 Å². The minimum atomic E-state index is -0.873. The van der Waals surface area contributed by atoms with E-state index in [1.54, 1.807) is 6.92 Å². The molecule has 0 saturated heterocycles. The third kappa shape index (κ3) is 4.02. The molecule has 0 saturated carbocycles. The molecule has 1 aromatic carbocycles. The van der Waals surface area contributed by atoms with E-state index in [4.69, 9.17) is 4.74 Å². The van der Waals surface area contributed by atoms with Crippen LogP contribution in [0.25, 0.3) is 0 Å². The molecule has 1 aromatic heterocycles. The summed E-state index contributed by atoms with van der Waals surface area (Å²) in [5, 5.41) is 0. The molecule has 0 aliphatic heterocycles. The molecule has 0 spiro atoms. The van der Waals surface area contributed by atoms with Gasteiger partial charge in [-0.15, -0.1) is 0 Å². The number of ketones is 1. The third-order valence-electron chi connectivity index (χ3n) is 4.44. The van der Waals surface area contributed by atoms with Crippen LogP contribution in [0.4, 0.5) is 0 Å². The molecule has 0 radical (unpaired) electrons. The lowest BCUT2D eigenvalue weighted by atomic mass is 9.90. The Hall–Kier alpha value is -2.89. The summed E-state index contributed by atoms with van der Waals surface area (Å²) in [6.45, 7) is 3.62. The van der Waals surface area contributed by atoms with Crippen molar-refractivity contribution in [3.05, 3.63) is 59.4 Å². The highest BCUT2D eigenvalue weighted by molar-refractivity contribution is 6.33. The number of carbonyl (C=O) groups excluding carboxylic acids is 3. The molecule has 2 atom stereocenters. The lowest BCUT2D eigenvalue weighted by Crippen LogP contribution is -2.24. The summed E-state index contributed by atoms with van der Waals surface area (Å²) >= 11 is 0. The fourth-order valence-electron chi connectivity index (χ4n) is 3.12. The van der Waals surface area contributed by atoms with Gasteiger partial charge in [-0.3, -0.25) is 4.79 Å². The predicted molar refractivity (Wildman–Crippen MR) is 95.8 cm³/mol. The summed E-state index contributed by atoms with van der Waals surface area (Å²) in [6, 6.07) is 12.6. The molecule has 0 fully saturated rings. The maximum absolute atomic E-state index is 12.2. The SMILES string of the molecule is COC(=O)C(=O)C[C@@H](c1ccccc1)c1ccc(C)n1[C@H](C)C(=O)OC. The van der Waals surface area contributed by atoms with Crippen LogP contribution in [0.15, 0.2) is 42.5 Å². The Bertz CT molecular complexity index is 794. The number of Topliss-reactive ketones (excluding diaryl/α,β-unsaturated/α-hetero) is 1. The van der Waals surface area contributed by atoms with E-state index in [1.165, 1.54) is 14.2 Å². The number of esters is 2. The molecule has 0 aliphatic carbocycles. The van der Waals surface area contributed by atoms with Crippen LogP contribution in [-0.2, 0) is 23.9 Å². The van der Waals surface area contributed by atoms with Crippen molar-refractivity contribution in [3.8, 4) is 0 Å². The summed E-state index contributed by atoms with van der Waals surface area (Å²) in [5.41, 5.74) is 2.51. The van der Waals surface area contributed by atoms with Gasteiger partial charge in [0.15, 0.2) is 0 Å². The fourth-order valence-corrected chi connectivity index (χ4v) is 3.12. The van der Waals surface area contributed by atoms with Crippen molar-refractivity contribution in [1.82, 2.24) is 4.57 Å². The predicted octanol–water partition coefficient (Wildman–Crippen LogP) is 2.79. The molecule has 0 N–H and O–H groups in total. The summed E-state index contributed by atoms with van der Waals surface area (Å²) in [4.78, 5) is 35.9. The molecule has 138 valence electrons. The Labute approximate surface area is 152 Å².